The molecule has 1 aliphatic rings. The minimum absolute atomic E-state index is 0.323. The average Bonchev–Trinajstić information content (AvgIpc) is 2.77. The van der Waals surface area contributed by atoms with Crippen LogP contribution in [-0.2, 0) is 0 Å². The van der Waals surface area contributed by atoms with E-state index in [0.29, 0.717) is 18.6 Å². The first kappa shape index (κ1) is 14.3. The number of hydrogen-bond donors (Lipinski definition) is 1. The fraction of sp³-hybridized carbons (Fsp3) is 0.692. The van der Waals surface area contributed by atoms with E-state index in [2.05, 4.69) is 29.7 Å². The Labute approximate surface area is 119 Å². The quantitative estimate of drug-likeness (QED) is 0.923. The van der Waals surface area contributed by atoms with Crippen molar-refractivity contribution >= 4 is 22.9 Å². The van der Waals surface area contributed by atoms with Crippen LogP contribution in [0.5, 0.6) is 0 Å². The van der Waals surface area contributed by atoms with Gasteiger partial charge < -0.3 is 5.73 Å². The summed E-state index contributed by atoms with van der Waals surface area (Å²) in [5.41, 5.74) is 5.97. The largest absolute Gasteiger partial charge is 0.329 e. The van der Waals surface area contributed by atoms with Crippen LogP contribution in [0.4, 0.5) is 0 Å². The Bertz CT molecular complexity index is 382. The zero-order chi connectivity index (χ0) is 13.1. The van der Waals surface area contributed by atoms with Gasteiger partial charge in [0.25, 0.3) is 0 Å². The highest BCUT2D eigenvalue weighted by atomic mass is 35.5. The van der Waals surface area contributed by atoms with Gasteiger partial charge in [0.15, 0.2) is 0 Å². The Morgan fingerprint density at radius 1 is 1.56 bits per heavy atom. The van der Waals surface area contributed by atoms with Gasteiger partial charge in [-0.1, -0.05) is 18.5 Å². The number of halogens is 1. The highest BCUT2D eigenvalue weighted by molar-refractivity contribution is 7.10. The van der Waals surface area contributed by atoms with Crippen molar-refractivity contribution in [3.8, 4) is 0 Å². The summed E-state index contributed by atoms with van der Waals surface area (Å²) in [4.78, 5) is 6.31. The molecule has 5 heteroatoms. The molecule has 1 saturated heterocycles. The lowest BCUT2D eigenvalue weighted by atomic mass is 10.1. The zero-order valence-corrected chi connectivity index (χ0v) is 12.7. The number of piperazine rings is 1. The van der Waals surface area contributed by atoms with E-state index in [9.17, 15) is 0 Å². The van der Waals surface area contributed by atoms with Crippen LogP contribution in [0.25, 0.3) is 0 Å². The highest BCUT2D eigenvalue weighted by Gasteiger charge is 2.28. The summed E-state index contributed by atoms with van der Waals surface area (Å²) in [5, 5.41) is 2.82. The van der Waals surface area contributed by atoms with Gasteiger partial charge >= 0.3 is 0 Å². The molecule has 2 rings (SSSR count). The third-order valence-corrected chi connectivity index (χ3v) is 5.16. The van der Waals surface area contributed by atoms with Crippen LogP contribution in [0.3, 0.4) is 0 Å². The fourth-order valence-corrected chi connectivity index (χ4v) is 3.95. The van der Waals surface area contributed by atoms with Crippen molar-refractivity contribution in [3.05, 3.63) is 21.3 Å². The first-order chi connectivity index (χ1) is 8.65. The van der Waals surface area contributed by atoms with Crippen LogP contribution in [0.2, 0.25) is 5.02 Å². The van der Waals surface area contributed by atoms with E-state index in [-0.39, 0.29) is 0 Å². The maximum atomic E-state index is 6.02. The summed E-state index contributed by atoms with van der Waals surface area (Å²) in [7, 11) is 0. The van der Waals surface area contributed by atoms with Crippen LogP contribution in [0.15, 0.2) is 11.4 Å². The number of nitrogens with two attached hydrogens (primary N) is 1. The zero-order valence-electron chi connectivity index (χ0n) is 11.1. The second-order valence-corrected chi connectivity index (χ2v) is 6.27. The summed E-state index contributed by atoms with van der Waals surface area (Å²) in [5.74, 6) is 0. The first-order valence-corrected chi connectivity index (χ1v) is 7.83. The van der Waals surface area contributed by atoms with Crippen LogP contribution in [0, 0.1) is 0 Å². The van der Waals surface area contributed by atoms with Crippen molar-refractivity contribution in [2.75, 3.05) is 32.7 Å². The van der Waals surface area contributed by atoms with Crippen molar-refractivity contribution in [2.45, 2.75) is 25.9 Å². The molecule has 0 amide bonds. The second-order valence-electron chi connectivity index (χ2n) is 4.89. The maximum absolute atomic E-state index is 6.02. The molecule has 1 aliphatic heterocycles. The monoisotopic (exact) mass is 287 g/mol. The van der Waals surface area contributed by atoms with Gasteiger partial charge in [0, 0.05) is 42.5 Å². The lowest BCUT2D eigenvalue weighted by Gasteiger charge is -2.42. The third kappa shape index (κ3) is 3.06. The summed E-state index contributed by atoms with van der Waals surface area (Å²) in [6, 6.07) is 2.98. The fourth-order valence-electron chi connectivity index (χ4n) is 2.72. The topological polar surface area (TPSA) is 32.5 Å². The Kier molecular flexibility index (Phi) is 5.04. The number of rotatable bonds is 4. The minimum atomic E-state index is 0.323. The molecule has 0 aromatic carbocycles. The molecule has 1 aromatic rings. The highest BCUT2D eigenvalue weighted by Crippen LogP contribution is 2.30. The SMILES string of the molecule is CCN1CCN(C(CN)c2cc(Cl)cs2)CC1C. The summed E-state index contributed by atoms with van der Waals surface area (Å²) in [6.07, 6.45) is 0. The molecule has 2 unspecified atom stereocenters. The molecule has 2 atom stereocenters. The summed E-state index contributed by atoms with van der Waals surface area (Å²) < 4.78 is 0. The minimum Gasteiger partial charge on any atom is -0.329 e. The molecular formula is C13H22ClN3S. The van der Waals surface area contributed by atoms with Crippen LogP contribution < -0.4 is 5.73 Å². The average molecular weight is 288 g/mol. The van der Waals surface area contributed by atoms with Gasteiger partial charge in [-0.25, -0.2) is 0 Å². The van der Waals surface area contributed by atoms with E-state index < -0.39 is 0 Å². The lowest BCUT2D eigenvalue weighted by Crippen LogP contribution is -2.53. The maximum Gasteiger partial charge on any atom is 0.0565 e. The molecule has 0 radical (unpaired) electrons. The van der Waals surface area contributed by atoms with Gasteiger partial charge in [-0.2, -0.15) is 0 Å². The molecule has 0 bridgehead atoms. The van der Waals surface area contributed by atoms with Gasteiger partial charge in [0.05, 0.1) is 11.1 Å². The molecule has 1 aromatic heterocycles. The van der Waals surface area contributed by atoms with Crippen molar-refractivity contribution in [3.63, 3.8) is 0 Å². The van der Waals surface area contributed by atoms with Crippen molar-refractivity contribution in [2.24, 2.45) is 5.73 Å². The molecule has 3 nitrogen and oxygen atoms in total. The van der Waals surface area contributed by atoms with Gasteiger partial charge in [0.2, 0.25) is 0 Å². The van der Waals surface area contributed by atoms with E-state index in [0.717, 1.165) is 31.2 Å². The van der Waals surface area contributed by atoms with Crippen molar-refractivity contribution < 1.29 is 0 Å². The van der Waals surface area contributed by atoms with Gasteiger partial charge in [-0.15, -0.1) is 11.3 Å². The third-order valence-electron chi connectivity index (χ3n) is 3.78. The van der Waals surface area contributed by atoms with E-state index in [1.54, 1.807) is 11.3 Å². The number of hydrogen-bond acceptors (Lipinski definition) is 4. The first-order valence-electron chi connectivity index (χ1n) is 6.57. The lowest BCUT2D eigenvalue weighted by molar-refractivity contribution is 0.0616. The Balaban J connectivity index is 2.06. The molecule has 0 saturated carbocycles. The second kappa shape index (κ2) is 6.35. The molecule has 2 heterocycles. The molecule has 0 spiro atoms. The molecule has 0 aliphatic carbocycles. The van der Waals surface area contributed by atoms with Crippen molar-refractivity contribution in [1.29, 1.82) is 0 Å². The molecule has 102 valence electrons. The Morgan fingerprint density at radius 3 is 2.83 bits per heavy atom. The smallest absolute Gasteiger partial charge is 0.0565 e. The molecular weight excluding hydrogens is 266 g/mol. The Hall–Kier alpha value is -0.130. The molecule has 2 N–H and O–H groups in total. The van der Waals surface area contributed by atoms with Crippen LogP contribution in [-0.4, -0.2) is 48.6 Å². The van der Waals surface area contributed by atoms with Crippen LogP contribution in [0.1, 0.15) is 24.8 Å². The van der Waals surface area contributed by atoms with Gasteiger partial charge in [0.1, 0.15) is 0 Å². The Morgan fingerprint density at radius 2 is 2.33 bits per heavy atom. The predicted octanol–water partition coefficient (Wildman–Crippen LogP) is 2.43. The van der Waals surface area contributed by atoms with E-state index in [1.165, 1.54) is 4.88 Å². The summed E-state index contributed by atoms with van der Waals surface area (Å²) in [6.45, 7) is 9.63. The number of likely N-dealkylation sites (N-methyl/N-ethyl adjacent to an activating group) is 1. The van der Waals surface area contributed by atoms with Crippen LogP contribution >= 0.6 is 22.9 Å². The number of nitrogens with zero attached hydrogens (tertiary/aromatic N) is 2. The van der Waals surface area contributed by atoms with E-state index >= 15 is 0 Å². The van der Waals surface area contributed by atoms with Gasteiger partial charge in [-0.3, -0.25) is 9.80 Å². The van der Waals surface area contributed by atoms with E-state index in [1.807, 2.05) is 5.38 Å². The number of thiophene rings is 1. The molecule has 1 fully saturated rings. The normalized spacial score (nSPS) is 24.3. The van der Waals surface area contributed by atoms with Gasteiger partial charge in [-0.05, 0) is 19.5 Å². The van der Waals surface area contributed by atoms with Crippen molar-refractivity contribution in [1.82, 2.24) is 9.80 Å². The summed E-state index contributed by atoms with van der Waals surface area (Å²) >= 11 is 7.73. The molecule has 18 heavy (non-hydrogen) atoms. The predicted molar refractivity (Wildman–Crippen MR) is 79.4 cm³/mol. The standard InChI is InChI=1S/C13H22ClN3S/c1-3-16-4-5-17(8-10(16)2)12(7-15)13-6-11(14)9-18-13/h6,9-10,12H,3-5,7-8,15H2,1-2H3. The van der Waals surface area contributed by atoms with E-state index in [4.69, 9.17) is 17.3 Å².